The Hall–Kier alpha value is 1.29. The van der Waals surface area contributed by atoms with Gasteiger partial charge in [0.25, 0.3) is 0 Å². The summed E-state index contributed by atoms with van der Waals surface area (Å²) in [5.74, 6) is 0. The molecule has 1 aromatic carbocycles. The van der Waals surface area contributed by atoms with Crippen LogP contribution in [-0.2, 0) is 16.2 Å². The molecule has 0 aliphatic carbocycles. The molecule has 2 heteroatoms. The zero-order chi connectivity index (χ0) is 15.2. The summed E-state index contributed by atoms with van der Waals surface area (Å²) in [5.41, 5.74) is 4.71. The molecule has 0 radical (unpaired) electrons. The normalized spacial score (nSPS) is 13.1. The van der Waals surface area contributed by atoms with E-state index in [1.165, 1.54) is 22.0 Å². The standard InChI is InChI=1S/C18H30P.K/c1-16(2,3)12-10-13(17(4,5)6)15(19)14(11-12)18(7,8)9;/h10-11,19H,1-9H3;/q-1;+1. The molecule has 0 unspecified atom stereocenters. The maximum atomic E-state index is 3.91. The second-order valence-corrected chi connectivity index (χ2v) is 9.20. The van der Waals surface area contributed by atoms with Crippen LogP contribution in [0.3, 0.4) is 0 Å². The van der Waals surface area contributed by atoms with Crippen LogP contribution in [0.25, 0.3) is 0 Å². The number of benzene rings is 1. The molecule has 0 heterocycles. The van der Waals surface area contributed by atoms with E-state index in [4.69, 9.17) is 0 Å². The fourth-order valence-electron chi connectivity index (χ4n) is 2.26. The van der Waals surface area contributed by atoms with Crippen molar-refractivity contribution in [2.75, 3.05) is 0 Å². The maximum Gasteiger partial charge on any atom is 1.00 e. The molecular formula is C18H30KP. The van der Waals surface area contributed by atoms with Crippen molar-refractivity contribution in [2.45, 2.75) is 78.6 Å². The van der Waals surface area contributed by atoms with Crippen LogP contribution in [0.5, 0.6) is 0 Å². The van der Waals surface area contributed by atoms with Crippen molar-refractivity contribution in [2.24, 2.45) is 0 Å². The van der Waals surface area contributed by atoms with E-state index < -0.39 is 0 Å². The molecule has 0 saturated carbocycles. The van der Waals surface area contributed by atoms with Crippen molar-refractivity contribution in [1.82, 2.24) is 0 Å². The number of hydrogen-bond donors (Lipinski definition) is 0. The Balaban J connectivity index is 0.00000361. The summed E-state index contributed by atoms with van der Waals surface area (Å²) in [6.07, 6.45) is 0. The van der Waals surface area contributed by atoms with Gasteiger partial charge in [0.05, 0.1) is 0 Å². The summed E-state index contributed by atoms with van der Waals surface area (Å²) in [5, 5.41) is 1.27. The Kier molecular flexibility index (Phi) is 7.25. The van der Waals surface area contributed by atoms with E-state index in [0.29, 0.717) is 0 Å². The first-order chi connectivity index (χ1) is 8.24. The molecule has 0 aliphatic heterocycles. The Morgan fingerprint density at radius 3 is 1.15 bits per heavy atom. The minimum Gasteiger partial charge on any atom is -0.524 e. The zero-order valence-corrected chi connectivity index (χ0v) is 19.3. The van der Waals surface area contributed by atoms with Gasteiger partial charge in [-0.15, -0.1) is 0 Å². The van der Waals surface area contributed by atoms with Crippen LogP contribution < -0.4 is 56.7 Å². The monoisotopic (exact) mass is 316 g/mol. The third-order valence-electron chi connectivity index (χ3n) is 3.62. The molecule has 20 heavy (non-hydrogen) atoms. The summed E-state index contributed by atoms with van der Waals surface area (Å²) in [6, 6.07) is 4.75. The number of rotatable bonds is 0. The summed E-state index contributed by atoms with van der Waals surface area (Å²) in [6.45, 7) is 20.6. The van der Waals surface area contributed by atoms with Gasteiger partial charge in [-0.05, 0) is 21.8 Å². The zero-order valence-electron chi connectivity index (χ0n) is 15.2. The Morgan fingerprint density at radius 1 is 0.650 bits per heavy atom. The fraction of sp³-hybridized carbons (Fsp3) is 0.667. The summed E-state index contributed by atoms with van der Waals surface area (Å²) in [4.78, 5) is 0. The van der Waals surface area contributed by atoms with E-state index in [-0.39, 0.29) is 67.6 Å². The summed E-state index contributed by atoms with van der Waals surface area (Å²) < 4.78 is 0. The van der Waals surface area contributed by atoms with Crippen molar-refractivity contribution in [3.05, 3.63) is 28.8 Å². The fourth-order valence-corrected chi connectivity index (χ4v) is 3.15. The van der Waals surface area contributed by atoms with Crippen molar-refractivity contribution < 1.29 is 51.4 Å². The van der Waals surface area contributed by atoms with Gasteiger partial charge < -0.3 is 9.24 Å². The number of hydrogen-bond acceptors (Lipinski definition) is 0. The van der Waals surface area contributed by atoms with Crippen molar-refractivity contribution in [3.63, 3.8) is 0 Å². The second-order valence-electron chi connectivity index (χ2n) is 8.70. The summed E-state index contributed by atoms with van der Waals surface area (Å²) in [7, 11) is 3.91. The van der Waals surface area contributed by atoms with Crippen molar-refractivity contribution in [1.29, 1.82) is 0 Å². The average molecular weight is 317 g/mol. The molecule has 0 N–H and O–H groups in total. The SMILES string of the molecule is CC(C)(C)c1cc(C(C)(C)C)c([PH-])c(C(C)(C)C)c1.[K+]. The third kappa shape index (κ3) is 5.18. The van der Waals surface area contributed by atoms with Gasteiger partial charge in [-0.2, -0.15) is 5.30 Å². The molecule has 0 amide bonds. The van der Waals surface area contributed by atoms with Crippen LogP contribution in [-0.4, -0.2) is 0 Å². The molecule has 1 aromatic rings. The average Bonchev–Trinajstić information content (AvgIpc) is 2.11. The van der Waals surface area contributed by atoms with E-state index in [1.807, 2.05) is 0 Å². The largest absolute Gasteiger partial charge is 1.00 e. The van der Waals surface area contributed by atoms with Gasteiger partial charge in [0.15, 0.2) is 0 Å². The van der Waals surface area contributed by atoms with E-state index in [2.05, 4.69) is 83.7 Å². The smallest absolute Gasteiger partial charge is 0.524 e. The Morgan fingerprint density at radius 2 is 0.950 bits per heavy atom. The van der Waals surface area contributed by atoms with Gasteiger partial charge >= 0.3 is 51.4 Å². The molecule has 0 fully saturated rings. The molecule has 0 spiro atoms. The van der Waals surface area contributed by atoms with Gasteiger partial charge in [-0.25, -0.2) is 0 Å². The van der Waals surface area contributed by atoms with Crippen LogP contribution in [0.4, 0.5) is 0 Å². The molecule has 0 aliphatic rings. The minimum absolute atomic E-state index is 0. The van der Waals surface area contributed by atoms with Gasteiger partial charge in [-0.1, -0.05) is 85.6 Å². The third-order valence-corrected chi connectivity index (χ3v) is 4.16. The van der Waals surface area contributed by atoms with Gasteiger partial charge in [-0.3, -0.25) is 0 Å². The molecule has 0 nitrogen and oxygen atoms in total. The minimum atomic E-state index is 0. The van der Waals surface area contributed by atoms with Crippen molar-refractivity contribution >= 4 is 14.5 Å². The van der Waals surface area contributed by atoms with Crippen molar-refractivity contribution in [3.8, 4) is 0 Å². The van der Waals surface area contributed by atoms with E-state index in [9.17, 15) is 0 Å². The maximum absolute atomic E-state index is 3.91. The first-order valence-corrected chi connectivity index (χ1v) is 7.65. The van der Waals surface area contributed by atoms with E-state index >= 15 is 0 Å². The van der Waals surface area contributed by atoms with Gasteiger partial charge in [0.2, 0.25) is 0 Å². The quantitative estimate of drug-likeness (QED) is 0.509. The topological polar surface area (TPSA) is 0 Å². The predicted octanol–water partition coefficient (Wildman–Crippen LogP) is 2.35. The second kappa shape index (κ2) is 6.81. The van der Waals surface area contributed by atoms with E-state index in [0.717, 1.165) is 0 Å². The molecule has 0 atom stereocenters. The Bertz CT molecular complexity index is 433. The van der Waals surface area contributed by atoms with E-state index in [1.54, 1.807) is 0 Å². The van der Waals surface area contributed by atoms with Gasteiger partial charge in [0.1, 0.15) is 0 Å². The first kappa shape index (κ1) is 21.3. The molecular weight excluding hydrogens is 286 g/mol. The molecule has 108 valence electrons. The molecule has 0 bridgehead atoms. The molecule has 0 aromatic heterocycles. The predicted molar refractivity (Wildman–Crippen MR) is 90.5 cm³/mol. The van der Waals surface area contributed by atoms with Crippen LogP contribution in [0, 0.1) is 0 Å². The van der Waals surface area contributed by atoms with Crippen LogP contribution in [0.1, 0.15) is 79.0 Å². The van der Waals surface area contributed by atoms with Gasteiger partial charge in [0, 0.05) is 0 Å². The Labute approximate surface area is 171 Å². The molecule has 1 rings (SSSR count). The summed E-state index contributed by atoms with van der Waals surface area (Å²) >= 11 is 0. The van der Waals surface area contributed by atoms with Crippen LogP contribution in [0.15, 0.2) is 12.1 Å². The van der Waals surface area contributed by atoms with Crippen LogP contribution >= 0.6 is 9.24 Å². The van der Waals surface area contributed by atoms with Crippen LogP contribution in [0.2, 0.25) is 0 Å². The first-order valence-electron chi connectivity index (χ1n) is 7.15. The molecule has 0 saturated heterocycles.